The summed E-state index contributed by atoms with van der Waals surface area (Å²) in [5, 5.41) is 11.9. The summed E-state index contributed by atoms with van der Waals surface area (Å²) < 4.78 is 0. The second kappa shape index (κ2) is 4.94. The highest BCUT2D eigenvalue weighted by molar-refractivity contribution is 5.52. The fraction of sp³-hybridized carbons (Fsp3) is 0.250. The first-order valence-corrected chi connectivity index (χ1v) is 4.42. The molecule has 0 radical (unpaired) electrons. The first kappa shape index (κ1) is 10.2. The lowest BCUT2D eigenvalue weighted by Gasteiger charge is -2.04. The van der Waals surface area contributed by atoms with Gasteiger partial charge < -0.3 is 5.32 Å². The Morgan fingerprint density at radius 1 is 1.43 bits per heavy atom. The van der Waals surface area contributed by atoms with E-state index in [0.717, 1.165) is 16.8 Å². The number of hydrogen-bond donors (Lipinski definition) is 1. The van der Waals surface area contributed by atoms with Gasteiger partial charge in [-0.05, 0) is 37.6 Å². The van der Waals surface area contributed by atoms with E-state index >= 15 is 0 Å². The third-order valence-electron chi connectivity index (χ3n) is 1.90. The minimum absolute atomic E-state index is 0.641. The van der Waals surface area contributed by atoms with E-state index in [1.54, 1.807) is 0 Å². The van der Waals surface area contributed by atoms with Gasteiger partial charge in [0.1, 0.15) is 0 Å². The minimum Gasteiger partial charge on any atom is -0.374 e. The van der Waals surface area contributed by atoms with E-state index in [1.807, 2.05) is 32.0 Å². The van der Waals surface area contributed by atoms with Crippen molar-refractivity contribution in [2.75, 3.05) is 11.9 Å². The standard InChI is InChI=1S/C12H12N2/c1-3-4-7-14-12-6-5-11(9-13)10(2)8-12/h5-6,8,14H,7H2,1-2H3. The van der Waals surface area contributed by atoms with Gasteiger partial charge in [0, 0.05) is 5.69 Å². The molecule has 0 fully saturated rings. The topological polar surface area (TPSA) is 35.8 Å². The average Bonchev–Trinajstić information content (AvgIpc) is 2.18. The van der Waals surface area contributed by atoms with Crippen molar-refractivity contribution in [2.24, 2.45) is 0 Å². The highest BCUT2D eigenvalue weighted by atomic mass is 14.8. The van der Waals surface area contributed by atoms with Gasteiger partial charge in [-0.1, -0.05) is 5.92 Å². The number of nitriles is 1. The summed E-state index contributed by atoms with van der Waals surface area (Å²) in [6, 6.07) is 7.80. The van der Waals surface area contributed by atoms with Crippen LogP contribution < -0.4 is 5.32 Å². The van der Waals surface area contributed by atoms with Crippen LogP contribution in [-0.4, -0.2) is 6.54 Å². The van der Waals surface area contributed by atoms with Gasteiger partial charge in [0.2, 0.25) is 0 Å². The molecule has 0 bridgehead atoms. The molecule has 2 heteroatoms. The number of nitrogens with one attached hydrogen (secondary N) is 1. The maximum Gasteiger partial charge on any atom is 0.0994 e. The highest BCUT2D eigenvalue weighted by Gasteiger charge is 1.97. The van der Waals surface area contributed by atoms with Gasteiger partial charge in [-0.3, -0.25) is 0 Å². The monoisotopic (exact) mass is 184 g/mol. The Kier molecular flexibility index (Phi) is 3.58. The van der Waals surface area contributed by atoms with E-state index in [1.165, 1.54) is 0 Å². The first-order chi connectivity index (χ1) is 6.77. The van der Waals surface area contributed by atoms with Crippen molar-refractivity contribution < 1.29 is 0 Å². The molecule has 0 saturated heterocycles. The SMILES string of the molecule is CC#CCNc1ccc(C#N)c(C)c1. The molecular formula is C12H12N2. The molecule has 70 valence electrons. The molecule has 0 saturated carbocycles. The average molecular weight is 184 g/mol. The van der Waals surface area contributed by atoms with Crippen molar-refractivity contribution in [3.05, 3.63) is 29.3 Å². The van der Waals surface area contributed by atoms with Gasteiger partial charge in [0.15, 0.2) is 0 Å². The Balaban J connectivity index is 2.75. The van der Waals surface area contributed by atoms with Gasteiger partial charge in [0.05, 0.1) is 18.2 Å². The van der Waals surface area contributed by atoms with E-state index in [0.29, 0.717) is 6.54 Å². The van der Waals surface area contributed by atoms with E-state index in [-0.39, 0.29) is 0 Å². The number of nitrogens with zero attached hydrogens (tertiary/aromatic N) is 1. The Labute approximate surface area is 84.6 Å². The van der Waals surface area contributed by atoms with Crippen molar-refractivity contribution in [1.82, 2.24) is 0 Å². The van der Waals surface area contributed by atoms with Gasteiger partial charge in [-0.15, -0.1) is 5.92 Å². The maximum atomic E-state index is 8.73. The molecule has 0 atom stereocenters. The van der Waals surface area contributed by atoms with Crippen LogP contribution in [0.1, 0.15) is 18.1 Å². The van der Waals surface area contributed by atoms with Crippen molar-refractivity contribution in [3.63, 3.8) is 0 Å². The normalized spacial score (nSPS) is 8.36. The molecule has 1 rings (SSSR count). The zero-order chi connectivity index (χ0) is 10.4. The largest absolute Gasteiger partial charge is 0.374 e. The second-order valence-electron chi connectivity index (χ2n) is 2.92. The second-order valence-corrected chi connectivity index (χ2v) is 2.92. The summed E-state index contributed by atoms with van der Waals surface area (Å²) in [4.78, 5) is 0. The zero-order valence-corrected chi connectivity index (χ0v) is 8.39. The van der Waals surface area contributed by atoms with Crippen LogP contribution in [0.3, 0.4) is 0 Å². The summed E-state index contributed by atoms with van der Waals surface area (Å²) >= 11 is 0. The van der Waals surface area contributed by atoms with E-state index < -0.39 is 0 Å². The molecule has 1 aromatic carbocycles. The Bertz CT molecular complexity index is 416. The lowest BCUT2D eigenvalue weighted by Crippen LogP contribution is -1.99. The fourth-order valence-corrected chi connectivity index (χ4v) is 1.13. The van der Waals surface area contributed by atoms with Crippen LogP contribution in [0.15, 0.2) is 18.2 Å². The molecule has 0 heterocycles. The van der Waals surface area contributed by atoms with E-state index in [4.69, 9.17) is 5.26 Å². The van der Waals surface area contributed by atoms with Gasteiger partial charge in [-0.25, -0.2) is 0 Å². The van der Waals surface area contributed by atoms with Crippen LogP contribution in [0.25, 0.3) is 0 Å². The van der Waals surface area contributed by atoms with Crippen LogP contribution in [-0.2, 0) is 0 Å². The van der Waals surface area contributed by atoms with Crippen LogP contribution >= 0.6 is 0 Å². The summed E-state index contributed by atoms with van der Waals surface area (Å²) in [7, 11) is 0. The highest BCUT2D eigenvalue weighted by Crippen LogP contribution is 2.13. The lowest BCUT2D eigenvalue weighted by atomic mass is 10.1. The van der Waals surface area contributed by atoms with Gasteiger partial charge >= 0.3 is 0 Å². The molecule has 1 N–H and O–H groups in total. The summed E-state index contributed by atoms with van der Waals surface area (Å²) in [5.41, 5.74) is 2.71. The summed E-state index contributed by atoms with van der Waals surface area (Å²) in [6.07, 6.45) is 0. The molecular weight excluding hydrogens is 172 g/mol. The molecule has 0 unspecified atom stereocenters. The van der Waals surface area contributed by atoms with Crippen LogP contribution in [0.2, 0.25) is 0 Å². The Morgan fingerprint density at radius 3 is 2.79 bits per heavy atom. The number of aryl methyl sites for hydroxylation is 1. The smallest absolute Gasteiger partial charge is 0.0994 e. The predicted octanol–water partition coefficient (Wildman–Crippen LogP) is 2.30. The number of benzene rings is 1. The molecule has 2 nitrogen and oxygen atoms in total. The molecule has 0 aliphatic rings. The zero-order valence-electron chi connectivity index (χ0n) is 8.39. The molecule has 1 aromatic rings. The third kappa shape index (κ3) is 2.54. The number of hydrogen-bond acceptors (Lipinski definition) is 2. The molecule has 0 aromatic heterocycles. The van der Waals surface area contributed by atoms with Crippen LogP contribution in [0, 0.1) is 30.1 Å². The van der Waals surface area contributed by atoms with Gasteiger partial charge in [-0.2, -0.15) is 5.26 Å². The molecule has 14 heavy (non-hydrogen) atoms. The third-order valence-corrected chi connectivity index (χ3v) is 1.90. The first-order valence-electron chi connectivity index (χ1n) is 4.42. The molecule has 0 aliphatic heterocycles. The number of rotatable bonds is 2. The summed E-state index contributed by atoms with van der Waals surface area (Å²) in [6.45, 7) is 4.38. The van der Waals surface area contributed by atoms with E-state index in [2.05, 4.69) is 23.2 Å². The lowest BCUT2D eigenvalue weighted by molar-refractivity contribution is 1.33. The quantitative estimate of drug-likeness (QED) is 0.716. The van der Waals surface area contributed by atoms with Crippen LogP contribution in [0.5, 0.6) is 0 Å². The van der Waals surface area contributed by atoms with Gasteiger partial charge in [0.25, 0.3) is 0 Å². The fourth-order valence-electron chi connectivity index (χ4n) is 1.13. The minimum atomic E-state index is 0.641. The molecule has 0 aliphatic carbocycles. The van der Waals surface area contributed by atoms with Crippen molar-refractivity contribution >= 4 is 5.69 Å². The van der Waals surface area contributed by atoms with E-state index in [9.17, 15) is 0 Å². The molecule has 0 amide bonds. The van der Waals surface area contributed by atoms with Crippen molar-refractivity contribution in [2.45, 2.75) is 13.8 Å². The Morgan fingerprint density at radius 2 is 2.21 bits per heavy atom. The summed E-state index contributed by atoms with van der Waals surface area (Å²) in [5.74, 6) is 5.73. The number of anilines is 1. The Hall–Kier alpha value is -1.93. The van der Waals surface area contributed by atoms with Crippen molar-refractivity contribution in [3.8, 4) is 17.9 Å². The van der Waals surface area contributed by atoms with Crippen LogP contribution in [0.4, 0.5) is 5.69 Å². The molecule has 0 spiro atoms. The predicted molar refractivity (Wildman–Crippen MR) is 57.8 cm³/mol. The van der Waals surface area contributed by atoms with Crippen molar-refractivity contribution in [1.29, 1.82) is 5.26 Å². The maximum absolute atomic E-state index is 8.73.